The van der Waals surface area contributed by atoms with Crippen molar-refractivity contribution in [2.24, 2.45) is 5.10 Å². The fourth-order valence-electron chi connectivity index (χ4n) is 2.87. The van der Waals surface area contributed by atoms with Crippen LogP contribution in [0.25, 0.3) is 0 Å². The summed E-state index contributed by atoms with van der Waals surface area (Å²) >= 11 is 7.50. The molecule has 1 N–H and O–H groups in total. The minimum Gasteiger partial charge on any atom is -0.490 e. The van der Waals surface area contributed by atoms with Crippen molar-refractivity contribution in [3.63, 3.8) is 0 Å². The molecule has 3 aromatic carbocycles. The molecule has 0 aliphatic carbocycles. The number of amides is 1. The Kier molecular flexibility index (Phi) is 9.66. The van der Waals surface area contributed by atoms with E-state index in [9.17, 15) is 4.79 Å². The maximum absolute atomic E-state index is 12.3. The molecule has 33 heavy (non-hydrogen) atoms. The van der Waals surface area contributed by atoms with Crippen LogP contribution < -0.4 is 14.9 Å². The lowest BCUT2D eigenvalue weighted by atomic mass is 10.2. The number of ether oxygens (including phenoxy) is 2. The summed E-state index contributed by atoms with van der Waals surface area (Å²) in [5.41, 5.74) is 5.60. The van der Waals surface area contributed by atoms with E-state index >= 15 is 0 Å². The molecule has 0 unspecified atom stereocenters. The second-order valence-corrected chi connectivity index (χ2v) is 8.99. The van der Waals surface area contributed by atoms with Gasteiger partial charge in [0.2, 0.25) is 0 Å². The molecule has 7 heteroatoms. The summed E-state index contributed by atoms with van der Waals surface area (Å²) in [4.78, 5) is 12.3. The molecule has 172 valence electrons. The van der Waals surface area contributed by atoms with Gasteiger partial charge in [-0.15, -0.1) is 11.8 Å². The van der Waals surface area contributed by atoms with Crippen LogP contribution in [-0.4, -0.2) is 24.0 Å². The standard InChI is InChI=1S/C26H27ClN2O3S/c1-3-31-25-15-22(11-14-24(25)32-17-20-9-12-23(27)13-10-20)16-28-29-26(30)19(2)33-18-21-7-5-4-6-8-21/h4-16,19H,3,17-18H2,1-2H3,(H,29,30)/b28-16-/t19-/m1/s1. The Hall–Kier alpha value is -2.96. The first kappa shape index (κ1) is 24.7. The van der Waals surface area contributed by atoms with Crippen molar-refractivity contribution in [3.05, 3.63) is 94.5 Å². The van der Waals surface area contributed by atoms with Gasteiger partial charge in [0.15, 0.2) is 11.5 Å². The Labute approximate surface area is 204 Å². The van der Waals surface area contributed by atoms with E-state index in [0.29, 0.717) is 29.7 Å². The summed E-state index contributed by atoms with van der Waals surface area (Å²) < 4.78 is 11.6. The number of hydrazone groups is 1. The fourth-order valence-corrected chi connectivity index (χ4v) is 3.83. The highest BCUT2D eigenvalue weighted by molar-refractivity contribution is 7.99. The Balaban J connectivity index is 1.54. The van der Waals surface area contributed by atoms with Crippen LogP contribution in [0.15, 0.2) is 77.9 Å². The normalized spacial score (nSPS) is 11.8. The second-order valence-electron chi connectivity index (χ2n) is 7.23. The molecule has 0 radical (unpaired) electrons. The van der Waals surface area contributed by atoms with Crippen molar-refractivity contribution in [3.8, 4) is 11.5 Å². The Morgan fingerprint density at radius 2 is 1.79 bits per heavy atom. The molecule has 0 spiro atoms. The number of hydrogen-bond donors (Lipinski definition) is 1. The van der Waals surface area contributed by atoms with Gasteiger partial charge in [-0.05, 0) is 60.9 Å². The Morgan fingerprint density at radius 3 is 2.52 bits per heavy atom. The smallest absolute Gasteiger partial charge is 0.252 e. The summed E-state index contributed by atoms with van der Waals surface area (Å²) in [6.45, 7) is 4.70. The van der Waals surface area contributed by atoms with Crippen LogP contribution in [0.4, 0.5) is 0 Å². The van der Waals surface area contributed by atoms with E-state index in [2.05, 4.69) is 22.7 Å². The predicted molar refractivity (Wildman–Crippen MR) is 136 cm³/mol. The van der Waals surface area contributed by atoms with Crippen LogP contribution >= 0.6 is 23.4 Å². The minimum absolute atomic E-state index is 0.139. The summed E-state index contributed by atoms with van der Waals surface area (Å²) in [5.74, 6) is 1.89. The van der Waals surface area contributed by atoms with Crippen LogP contribution in [0.5, 0.6) is 11.5 Å². The number of hydrogen-bond acceptors (Lipinski definition) is 5. The van der Waals surface area contributed by atoms with Gasteiger partial charge in [0.1, 0.15) is 6.61 Å². The first-order valence-corrected chi connectivity index (χ1v) is 12.1. The monoisotopic (exact) mass is 482 g/mol. The van der Waals surface area contributed by atoms with Crippen molar-refractivity contribution in [2.75, 3.05) is 6.61 Å². The second kappa shape index (κ2) is 12.9. The fraction of sp³-hybridized carbons (Fsp3) is 0.231. The molecule has 1 atom stereocenters. The third-order valence-corrected chi connectivity index (χ3v) is 6.14. The largest absolute Gasteiger partial charge is 0.490 e. The van der Waals surface area contributed by atoms with E-state index in [4.69, 9.17) is 21.1 Å². The highest BCUT2D eigenvalue weighted by Gasteiger charge is 2.12. The third kappa shape index (κ3) is 8.15. The topological polar surface area (TPSA) is 59.9 Å². The van der Waals surface area contributed by atoms with E-state index in [1.165, 1.54) is 5.56 Å². The van der Waals surface area contributed by atoms with Crippen LogP contribution in [0.2, 0.25) is 5.02 Å². The zero-order valence-corrected chi connectivity index (χ0v) is 20.2. The quantitative estimate of drug-likeness (QED) is 0.265. The van der Waals surface area contributed by atoms with Crippen LogP contribution in [0, 0.1) is 0 Å². The lowest BCUT2D eigenvalue weighted by molar-refractivity contribution is -0.120. The number of nitrogens with zero attached hydrogens (tertiary/aromatic N) is 1. The highest BCUT2D eigenvalue weighted by Crippen LogP contribution is 2.29. The van der Waals surface area contributed by atoms with E-state index in [0.717, 1.165) is 16.9 Å². The predicted octanol–water partition coefficient (Wildman–Crippen LogP) is 6.09. The SMILES string of the molecule is CCOc1cc(/C=N\NC(=O)[C@@H](C)SCc2ccccc2)ccc1OCc1ccc(Cl)cc1. The first-order valence-electron chi connectivity index (χ1n) is 10.7. The molecule has 0 saturated carbocycles. The van der Waals surface area contributed by atoms with E-state index in [1.807, 2.05) is 74.5 Å². The Bertz CT molecular complexity index is 1060. The molecule has 0 aliphatic heterocycles. The van der Waals surface area contributed by atoms with Crippen LogP contribution in [0.1, 0.15) is 30.5 Å². The Morgan fingerprint density at radius 1 is 1.03 bits per heavy atom. The van der Waals surface area contributed by atoms with Crippen molar-refractivity contribution in [1.82, 2.24) is 5.43 Å². The molecule has 3 aromatic rings. The minimum atomic E-state index is -0.218. The number of thioether (sulfide) groups is 1. The van der Waals surface area contributed by atoms with E-state index < -0.39 is 0 Å². The summed E-state index contributed by atoms with van der Waals surface area (Å²) in [6.07, 6.45) is 1.60. The van der Waals surface area contributed by atoms with Gasteiger partial charge in [-0.1, -0.05) is 54.1 Å². The lowest BCUT2D eigenvalue weighted by Gasteiger charge is -2.13. The molecule has 0 aromatic heterocycles. The molecule has 5 nitrogen and oxygen atoms in total. The molecule has 0 aliphatic rings. The van der Waals surface area contributed by atoms with Gasteiger partial charge in [0.05, 0.1) is 18.1 Å². The molecule has 1 amide bonds. The van der Waals surface area contributed by atoms with Crippen molar-refractivity contribution >= 4 is 35.5 Å². The zero-order chi connectivity index (χ0) is 23.5. The van der Waals surface area contributed by atoms with Gasteiger partial charge in [-0.2, -0.15) is 5.10 Å². The number of benzene rings is 3. The van der Waals surface area contributed by atoms with Crippen LogP contribution in [-0.2, 0) is 17.2 Å². The maximum atomic E-state index is 12.3. The summed E-state index contributed by atoms with van der Waals surface area (Å²) in [5, 5.41) is 4.57. The van der Waals surface area contributed by atoms with Crippen molar-refractivity contribution in [2.45, 2.75) is 31.5 Å². The number of nitrogens with one attached hydrogen (secondary N) is 1. The number of halogens is 1. The van der Waals surface area contributed by atoms with Crippen molar-refractivity contribution < 1.29 is 14.3 Å². The molecule has 0 bridgehead atoms. The highest BCUT2D eigenvalue weighted by atomic mass is 35.5. The van der Waals surface area contributed by atoms with E-state index in [-0.39, 0.29) is 11.2 Å². The van der Waals surface area contributed by atoms with Gasteiger partial charge < -0.3 is 9.47 Å². The lowest BCUT2D eigenvalue weighted by Crippen LogP contribution is -2.27. The number of carbonyl (C=O) groups excluding carboxylic acids is 1. The van der Waals surface area contributed by atoms with Gasteiger partial charge >= 0.3 is 0 Å². The number of carbonyl (C=O) groups is 1. The third-order valence-electron chi connectivity index (χ3n) is 4.68. The van der Waals surface area contributed by atoms with E-state index in [1.54, 1.807) is 18.0 Å². The van der Waals surface area contributed by atoms with Gasteiger partial charge in [0.25, 0.3) is 5.91 Å². The molecular formula is C26H27ClN2O3S. The average Bonchev–Trinajstić information content (AvgIpc) is 2.84. The van der Waals surface area contributed by atoms with Crippen LogP contribution in [0.3, 0.4) is 0 Å². The molecule has 0 heterocycles. The average molecular weight is 483 g/mol. The maximum Gasteiger partial charge on any atom is 0.252 e. The summed E-state index contributed by atoms with van der Waals surface area (Å²) in [6, 6.07) is 23.1. The van der Waals surface area contributed by atoms with Gasteiger partial charge in [-0.25, -0.2) is 5.43 Å². The first-order chi connectivity index (χ1) is 16.0. The zero-order valence-electron chi connectivity index (χ0n) is 18.7. The molecule has 0 saturated heterocycles. The van der Waals surface area contributed by atoms with Crippen molar-refractivity contribution in [1.29, 1.82) is 0 Å². The number of rotatable bonds is 11. The molecule has 3 rings (SSSR count). The molecule has 0 fully saturated rings. The van der Waals surface area contributed by atoms with Gasteiger partial charge in [0, 0.05) is 10.8 Å². The van der Waals surface area contributed by atoms with Gasteiger partial charge in [-0.3, -0.25) is 4.79 Å². The molecular weight excluding hydrogens is 456 g/mol. The summed E-state index contributed by atoms with van der Waals surface area (Å²) in [7, 11) is 0.